The molecule has 0 saturated heterocycles. The zero-order valence-electron chi connectivity index (χ0n) is 11.6. The molecule has 0 spiro atoms. The summed E-state index contributed by atoms with van der Waals surface area (Å²) in [6.07, 6.45) is 4.65. The Hall–Kier alpha value is -1.58. The van der Waals surface area contributed by atoms with E-state index in [1.54, 1.807) is 12.4 Å². The predicted octanol–water partition coefficient (Wildman–Crippen LogP) is 3.81. The van der Waals surface area contributed by atoms with Gasteiger partial charge >= 0.3 is 0 Å². The summed E-state index contributed by atoms with van der Waals surface area (Å²) in [6, 6.07) is 9.64. The third kappa shape index (κ3) is 4.22. The number of rotatable bonds is 7. The van der Waals surface area contributed by atoms with Gasteiger partial charge in [-0.1, -0.05) is 30.7 Å². The monoisotopic (exact) mass is 290 g/mol. The quantitative estimate of drug-likeness (QED) is 0.787. The molecule has 106 valence electrons. The highest BCUT2D eigenvalue weighted by atomic mass is 35.5. The van der Waals surface area contributed by atoms with Gasteiger partial charge in [0.1, 0.15) is 12.4 Å². The topological polar surface area (TPSA) is 34.1 Å². The first-order valence-corrected chi connectivity index (χ1v) is 7.19. The van der Waals surface area contributed by atoms with Crippen molar-refractivity contribution in [2.24, 2.45) is 0 Å². The van der Waals surface area contributed by atoms with Gasteiger partial charge in [0.2, 0.25) is 0 Å². The summed E-state index contributed by atoms with van der Waals surface area (Å²) in [5.74, 6) is 0.824. The maximum absolute atomic E-state index is 6.26. The number of nitrogens with zero attached hydrogens (tertiary/aromatic N) is 1. The molecule has 1 aromatic carbocycles. The van der Waals surface area contributed by atoms with Crippen LogP contribution in [0.3, 0.4) is 0 Å². The Bertz CT molecular complexity index is 531. The molecule has 0 amide bonds. The number of hydrogen-bond acceptors (Lipinski definition) is 3. The molecular weight excluding hydrogens is 272 g/mol. The Kier molecular flexibility index (Phi) is 5.84. The van der Waals surface area contributed by atoms with Crippen LogP contribution in [0.2, 0.25) is 5.02 Å². The first-order chi connectivity index (χ1) is 9.81. The maximum Gasteiger partial charge on any atom is 0.125 e. The van der Waals surface area contributed by atoms with Crippen LogP contribution < -0.4 is 10.1 Å². The van der Waals surface area contributed by atoms with Gasteiger partial charge in [-0.25, -0.2) is 0 Å². The van der Waals surface area contributed by atoms with Crippen molar-refractivity contribution in [3.05, 3.63) is 58.9 Å². The number of benzene rings is 1. The summed E-state index contributed by atoms with van der Waals surface area (Å²) in [6.45, 7) is 4.32. The van der Waals surface area contributed by atoms with E-state index in [9.17, 15) is 0 Å². The van der Waals surface area contributed by atoms with Crippen LogP contribution in [-0.2, 0) is 13.2 Å². The molecule has 0 unspecified atom stereocenters. The van der Waals surface area contributed by atoms with E-state index in [2.05, 4.69) is 17.2 Å². The second-order valence-electron chi connectivity index (χ2n) is 4.54. The molecule has 1 heterocycles. The molecule has 0 fully saturated rings. The molecule has 0 aliphatic heterocycles. The fourth-order valence-corrected chi connectivity index (χ4v) is 2.11. The summed E-state index contributed by atoms with van der Waals surface area (Å²) in [7, 11) is 0. The number of ether oxygens (including phenoxy) is 1. The van der Waals surface area contributed by atoms with Crippen molar-refractivity contribution in [1.29, 1.82) is 0 Å². The highest BCUT2D eigenvalue weighted by molar-refractivity contribution is 6.31. The molecule has 1 N–H and O–H groups in total. The SMILES string of the molecule is CCCNCc1c(Cl)cccc1OCc1cccnc1. The lowest BCUT2D eigenvalue weighted by Gasteiger charge is -2.13. The van der Waals surface area contributed by atoms with Crippen LogP contribution in [0.25, 0.3) is 0 Å². The first kappa shape index (κ1) is 14.8. The van der Waals surface area contributed by atoms with E-state index in [0.717, 1.165) is 41.4 Å². The summed E-state index contributed by atoms with van der Waals surface area (Å²) in [5, 5.41) is 4.09. The first-order valence-electron chi connectivity index (χ1n) is 6.81. The third-order valence-corrected chi connectivity index (χ3v) is 3.28. The molecule has 3 nitrogen and oxygen atoms in total. The van der Waals surface area contributed by atoms with Gasteiger partial charge in [-0.05, 0) is 31.2 Å². The van der Waals surface area contributed by atoms with Crippen molar-refractivity contribution in [3.63, 3.8) is 0 Å². The van der Waals surface area contributed by atoms with Crippen LogP contribution in [0.1, 0.15) is 24.5 Å². The molecule has 0 radical (unpaired) electrons. The lowest BCUT2D eigenvalue weighted by atomic mass is 10.2. The maximum atomic E-state index is 6.26. The van der Waals surface area contributed by atoms with E-state index in [1.807, 2.05) is 30.3 Å². The molecule has 0 bridgehead atoms. The highest BCUT2D eigenvalue weighted by Gasteiger charge is 2.08. The van der Waals surface area contributed by atoms with Crippen molar-refractivity contribution in [2.75, 3.05) is 6.54 Å². The Morgan fingerprint density at radius 2 is 2.15 bits per heavy atom. The molecule has 4 heteroatoms. The van der Waals surface area contributed by atoms with Gasteiger partial charge in [-0.15, -0.1) is 0 Å². The van der Waals surface area contributed by atoms with Crippen LogP contribution in [0, 0.1) is 0 Å². The van der Waals surface area contributed by atoms with Gasteiger partial charge in [0.15, 0.2) is 0 Å². The Morgan fingerprint density at radius 1 is 1.25 bits per heavy atom. The third-order valence-electron chi connectivity index (χ3n) is 2.92. The standard InChI is InChI=1S/C16H19ClN2O/c1-2-8-18-11-14-15(17)6-3-7-16(14)20-12-13-5-4-9-19-10-13/h3-7,9-10,18H,2,8,11-12H2,1H3. The van der Waals surface area contributed by atoms with Gasteiger partial charge in [-0.3, -0.25) is 4.98 Å². The average molecular weight is 291 g/mol. The second kappa shape index (κ2) is 7.88. The van der Waals surface area contributed by atoms with Crippen LogP contribution in [0.4, 0.5) is 0 Å². The normalized spacial score (nSPS) is 10.5. The number of hydrogen-bond donors (Lipinski definition) is 1. The minimum atomic E-state index is 0.495. The molecule has 0 atom stereocenters. The van der Waals surface area contributed by atoms with Crippen LogP contribution in [-0.4, -0.2) is 11.5 Å². The van der Waals surface area contributed by atoms with Gasteiger partial charge in [0.05, 0.1) is 0 Å². The zero-order chi connectivity index (χ0) is 14.2. The van der Waals surface area contributed by atoms with Crippen molar-refractivity contribution < 1.29 is 4.74 Å². The van der Waals surface area contributed by atoms with Gasteiger partial charge in [-0.2, -0.15) is 0 Å². The van der Waals surface area contributed by atoms with Crippen LogP contribution >= 0.6 is 11.6 Å². The second-order valence-corrected chi connectivity index (χ2v) is 4.95. The summed E-state index contributed by atoms with van der Waals surface area (Å²) in [4.78, 5) is 4.08. The Morgan fingerprint density at radius 3 is 2.90 bits per heavy atom. The van der Waals surface area contributed by atoms with E-state index in [1.165, 1.54) is 0 Å². The Balaban J connectivity index is 2.04. The van der Waals surface area contributed by atoms with Crippen molar-refractivity contribution in [3.8, 4) is 5.75 Å². The highest BCUT2D eigenvalue weighted by Crippen LogP contribution is 2.27. The van der Waals surface area contributed by atoms with Crippen molar-refractivity contribution in [2.45, 2.75) is 26.5 Å². The van der Waals surface area contributed by atoms with E-state index < -0.39 is 0 Å². The predicted molar refractivity (Wildman–Crippen MR) is 82.0 cm³/mol. The molecule has 1 aromatic heterocycles. The van der Waals surface area contributed by atoms with Crippen LogP contribution in [0.5, 0.6) is 5.75 Å². The summed E-state index contributed by atoms with van der Waals surface area (Å²) >= 11 is 6.26. The fraction of sp³-hybridized carbons (Fsp3) is 0.312. The largest absolute Gasteiger partial charge is 0.488 e. The minimum Gasteiger partial charge on any atom is -0.488 e. The van der Waals surface area contributed by atoms with E-state index in [0.29, 0.717) is 6.61 Å². The average Bonchev–Trinajstić information content (AvgIpc) is 2.48. The van der Waals surface area contributed by atoms with Gasteiger partial charge in [0, 0.05) is 35.1 Å². The summed E-state index contributed by atoms with van der Waals surface area (Å²) in [5.41, 5.74) is 2.05. The smallest absolute Gasteiger partial charge is 0.125 e. The molecule has 20 heavy (non-hydrogen) atoms. The molecule has 2 rings (SSSR count). The van der Waals surface area contributed by atoms with Crippen molar-refractivity contribution >= 4 is 11.6 Å². The van der Waals surface area contributed by atoms with Gasteiger partial charge < -0.3 is 10.1 Å². The van der Waals surface area contributed by atoms with E-state index in [4.69, 9.17) is 16.3 Å². The lowest BCUT2D eigenvalue weighted by Crippen LogP contribution is -2.15. The number of aromatic nitrogens is 1. The number of nitrogens with one attached hydrogen (secondary N) is 1. The molecule has 2 aromatic rings. The lowest BCUT2D eigenvalue weighted by molar-refractivity contribution is 0.301. The zero-order valence-corrected chi connectivity index (χ0v) is 12.4. The summed E-state index contributed by atoms with van der Waals surface area (Å²) < 4.78 is 5.87. The van der Waals surface area contributed by atoms with Crippen molar-refractivity contribution in [1.82, 2.24) is 10.3 Å². The molecule has 0 saturated carbocycles. The number of pyridine rings is 1. The minimum absolute atomic E-state index is 0.495. The number of halogens is 1. The fourth-order valence-electron chi connectivity index (χ4n) is 1.88. The molecule has 0 aliphatic rings. The van der Waals surface area contributed by atoms with E-state index in [-0.39, 0.29) is 0 Å². The molecule has 0 aliphatic carbocycles. The van der Waals surface area contributed by atoms with Crippen LogP contribution in [0.15, 0.2) is 42.7 Å². The van der Waals surface area contributed by atoms with E-state index >= 15 is 0 Å². The Labute approximate surface area is 124 Å². The molecular formula is C16H19ClN2O. The van der Waals surface area contributed by atoms with Gasteiger partial charge in [0.25, 0.3) is 0 Å².